The van der Waals surface area contributed by atoms with Crippen LogP contribution >= 0.6 is 0 Å². The van der Waals surface area contributed by atoms with E-state index in [1.165, 1.54) is 11.1 Å². The van der Waals surface area contributed by atoms with Crippen molar-refractivity contribution in [3.63, 3.8) is 0 Å². The van der Waals surface area contributed by atoms with Crippen LogP contribution in [0.2, 0.25) is 0 Å². The van der Waals surface area contributed by atoms with Crippen molar-refractivity contribution in [2.75, 3.05) is 0 Å². The highest BCUT2D eigenvalue weighted by Gasteiger charge is 2.10. The molecule has 2 aromatic rings. The summed E-state index contributed by atoms with van der Waals surface area (Å²) in [4.78, 5) is 4.77. The molecular formula is C16H18N2. The topological polar surface area (TPSA) is 36.7 Å². The quantitative estimate of drug-likeness (QED) is 0.791. The number of nitriles is 1. The first-order valence-electron chi connectivity index (χ1n) is 6.31. The first-order chi connectivity index (χ1) is 8.54. The van der Waals surface area contributed by atoms with Gasteiger partial charge in [-0.3, -0.25) is 4.98 Å². The molecule has 0 amide bonds. The Hall–Kier alpha value is -1.88. The van der Waals surface area contributed by atoms with E-state index in [1.807, 2.05) is 0 Å². The number of benzene rings is 1. The molecule has 1 aromatic heterocycles. The number of hydrogen-bond acceptors (Lipinski definition) is 2. The molecule has 2 heteroatoms. The zero-order chi connectivity index (χ0) is 13.3. The van der Waals surface area contributed by atoms with Crippen molar-refractivity contribution in [2.24, 2.45) is 0 Å². The number of rotatable bonds is 2. The molecule has 2 nitrogen and oxygen atoms in total. The number of fused-ring (bicyclic) bond motifs is 1. The Morgan fingerprint density at radius 1 is 1.28 bits per heavy atom. The van der Waals surface area contributed by atoms with Crippen LogP contribution in [0.15, 0.2) is 18.2 Å². The second-order valence-corrected chi connectivity index (χ2v) is 5.10. The van der Waals surface area contributed by atoms with Gasteiger partial charge in [-0.1, -0.05) is 26.0 Å². The van der Waals surface area contributed by atoms with Crippen LogP contribution in [-0.2, 0) is 6.42 Å². The molecule has 0 aliphatic heterocycles. The van der Waals surface area contributed by atoms with Crippen LogP contribution in [0.5, 0.6) is 0 Å². The van der Waals surface area contributed by atoms with Gasteiger partial charge in [0.25, 0.3) is 0 Å². The first-order valence-corrected chi connectivity index (χ1v) is 6.31. The summed E-state index contributed by atoms with van der Waals surface area (Å²) in [6.07, 6.45) is 0.446. The van der Waals surface area contributed by atoms with Crippen molar-refractivity contribution in [3.8, 4) is 6.07 Å². The van der Waals surface area contributed by atoms with Gasteiger partial charge >= 0.3 is 0 Å². The average molecular weight is 238 g/mol. The Bertz CT molecular complexity index is 634. The summed E-state index contributed by atoms with van der Waals surface area (Å²) in [5, 5.41) is 10.1. The maximum absolute atomic E-state index is 8.96. The van der Waals surface area contributed by atoms with Crippen molar-refractivity contribution < 1.29 is 0 Å². The molecule has 0 aliphatic rings. The zero-order valence-electron chi connectivity index (χ0n) is 11.4. The highest BCUT2D eigenvalue weighted by Crippen LogP contribution is 2.26. The highest BCUT2D eigenvalue weighted by atomic mass is 14.7. The van der Waals surface area contributed by atoms with Gasteiger partial charge in [0.1, 0.15) is 0 Å². The molecule has 0 saturated carbocycles. The molecule has 0 spiro atoms. The van der Waals surface area contributed by atoms with E-state index in [1.54, 1.807) is 0 Å². The van der Waals surface area contributed by atoms with Crippen molar-refractivity contribution >= 4 is 10.9 Å². The third kappa shape index (κ3) is 2.09. The Morgan fingerprint density at radius 2 is 2.00 bits per heavy atom. The summed E-state index contributed by atoms with van der Waals surface area (Å²) in [7, 11) is 0. The van der Waals surface area contributed by atoms with E-state index < -0.39 is 0 Å². The molecular weight excluding hydrogens is 220 g/mol. The second kappa shape index (κ2) is 4.78. The normalized spacial score (nSPS) is 10.9. The third-order valence-electron chi connectivity index (χ3n) is 3.47. The molecule has 0 bridgehead atoms. The van der Waals surface area contributed by atoms with E-state index in [2.05, 4.69) is 52.0 Å². The van der Waals surface area contributed by atoms with E-state index in [9.17, 15) is 0 Å². The van der Waals surface area contributed by atoms with Gasteiger partial charge in [-0.15, -0.1) is 0 Å². The summed E-state index contributed by atoms with van der Waals surface area (Å²) < 4.78 is 0. The molecule has 18 heavy (non-hydrogen) atoms. The summed E-state index contributed by atoms with van der Waals surface area (Å²) in [5.41, 5.74) is 5.68. The van der Waals surface area contributed by atoms with Crippen LogP contribution in [0.4, 0.5) is 0 Å². The highest BCUT2D eigenvalue weighted by molar-refractivity contribution is 5.86. The fourth-order valence-corrected chi connectivity index (χ4v) is 2.15. The Balaban J connectivity index is 2.82. The van der Waals surface area contributed by atoms with Crippen LogP contribution in [0, 0.1) is 25.2 Å². The van der Waals surface area contributed by atoms with Crippen LogP contribution < -0.4 is 0 Å². The molecule has 92 valence electrons. The number of hydrogen-bond donors (Lipinski definition) is 0. The first kappa shape index (κ1) is 12.6. The summed E-state index contributed by atoms with van der Waals surface area (Å²) >= 11 is 0. The molecule has 0 unspecified atom stereocenters. The predicted molar refractivity (Wildman–Crippen MR) is 74.6 cm³/mol. The lowest BCUT2D eigenvalue weighted by molar-refractivity contribution is 0.826. The zero-order valence-corrected chi connectivity index (χ0v) is 11.4. The monoisotopic (exact) mass is 238 g/mol. The van der Waals surface area contributed by atoms with Gasteiger partial charge in [0.15, 0.2) is 0 Å². The smallest absolute Gasteiger partial charge is 0.0740 e. The van der Waals surface area contributed by atoms with Crippen molar-refractivity contribution in [2.45, 2.75) is 40.0 Å². The van der Waals surface area contributed by atoms with Gasteiger partial charge in [-0.25, -0.2) is 0 Å². The van der Waals surface area contributed by atoms with Crippen molar-refractivity contribution in [1.29, 1.82) is 5.26 Å². The number of pyridine rings is 1. The summed E-state index contributed by atoms with van der Waals surface area (Å²) in [5.74, 6) is 0.381. The molecule has 0 N–H and O–H groups in total. The van der Waals surface area contributed by atoms with Crippen LogP contribution in [0.3, 0.4) is 0 Å². The molecule has 1 aromatic carbocycles. The van der Waals surface area contributed by atoms with Crippen LogP contribution in [0.1, 0.15) is 42.1 Å². The Labute approximate surface area is 108 Å². The van der Waals surface area contributed by atoms with E-state index in [0.717, 1.165) is 22.2 Å². The standard InChI is InChI=1S/C16H18N2/c1-10(2)15-9-13(7-8-17)14-6-5-11(3)12(4)16(14)18-15/h5-6,9-10H,7H2,1-4H3. The number of aryl methyl sites for hydroxylation is 2. The van der Waals surface area contributed by atoms with Crippen molar-refractivity contribution in [3.05, 3.63) is 40.6 Å². The van der Waals surface area contributed by atoms with Gasteiger partial charge < -0.3 is 0 Å². The number of nitrogens with zero attached hydrogens (tertiary/aromatic N) is 2. The predicted octanol–water partition coefficient (Wildman–Crippen LogP) is 4.04. The minimum Gasteiger partial charge on any atom is -0.252 e. The Morgan fingerprint density at radius 3 is 2.61 bits per heavy atom. The van der Waals surface area contributed by atoms with E-state index in [0.29, 0.717) is 12.3 Å². The molecule has 1 heterocycles. The molecule has 0 fully saturated rings. The maximum Gasteiger partial charge on any atom is 0.0740 e. The van der Waals surface area contributed by atoms with Gasteiger partial charge in [0.2, 0.25) is 0 Å². The van der Waals surface area contributed by atoms with Gasteiger partial charge in [0.05, 0.1) is 18.0 Å². The van der Waals surface area contributed by atoms with E-state index in [4.69, 9.17) is 10.2 Å². The second-order valence-electron chi connectivity index (χ2n) is 5.10. The van der Waals surface area contributed by atoms with Crippen LogP contribution in [0.25, 0.3) is 10.9 Å². The molecule has 0 radical (unpaired) electrons. The minimum absolute atomic E-state index is 0.381. The minimum atomic E-state index is 0.381. The van der Waals surface area contributed by atoms with Crippen molar-refractivity contribution in [1.82, 2.24) is 4.98 Å². The number of aromatic nitrogens is 1. The summed E-state index contributed by atoms with van der Waals surface area (Å²) in [6.45, 7) is 8.47. The largest absolute Gasteiger partial charge is 0.252 e. The lowest BCUT2D eigenvalue weighted by atomic mass is 9.97. The van der Waals surface area contributed by atoms with E-state index >= 15 is 0 Å². The lowest BCUT2D eigenvalue weighted by Gasteiger charge is -2.12. The molecule has 0 atom stereocenters. The van der Waals surface area contributed by atoms with Gasteiger partial charge in [0, 0.05) is 11.1 Å². The van der Waals surface area contributed by atoms with E-state index in [-0.39, 0.29) is 0 Å². The van der Waals surface area contributed by atoms with Gasteiger partial charge in [-0.05, 0) is 42.5 Å². The molecule has 0 aliphatic carbocycles. The fourth-order valence-electron chi connectivity index (χ4n) is 2.15. The van der Waals surface area contributed by atoms with Crippen LogP contribution in [-0.4, -0.2) is 4.98 Å². The fraction of sp³-hybridized carbons (Fsp3) is 0.375. The maximum atomic E-state index is 8.96. The molecule has 0 saturated heterocycles. The van der Waals surface area contributed by atoms with Gasteiger partial charge in [-0.2, -0.15) is 5.26 Å². The SMILES string of the molecule is Cc1ccc2c(CC#N)cc(C(C)C)nc2c1C. The average Bonchev–Trinajstić information content (AvgIpc) is 2.34. The Kier molecular flexibility index (Phi) is 3.34. The third-order valence-corrected chi connectivity index (χ3v) is 3.47. The summed E-state index contributed by atoms with van der Waals surface area (Å²) in [6, 6.07) is 8.51. The lowest BCUT2D eigenvalue weighted by Crippen LogP contribution is -1.99. The molecule has 2 rings (SSSR count).